The molecule has 0 aliphatic heterocycles. The third kappa shape index (κ3) is 7.25. The Kier molecular flexibility index (Phi) is 9.39. The first kappa shape index (κ1) is 29.0. The Morgan fingerprint density at radius 1 is 1.11 bits per heavy atom. The normalized spacial score (nSPS) is 12.4. The molecule has 38 heavy (non-hydrogen) atoms. The van der Waals surface area contributed by atoms with Gasteiger partial charge >= 0.3 is 0 Å². The van der Waals surface area contributed by atoms with Crippen molar-refractivity contribution in [3.8, 4) is 17.6 Å². The molecule has 3 aromatic carbocycles. The molecule has 0 unspecified atom stereocenters. The number of rotatable bonds is 12. The van der Waals surface area contributed by atoms with Crippen molar-refractivity contribution in [3.05, 3.63) is 83.4 Å². The van der Waals surface area contributed by atoms with Gasteiger partial charge in [-0.25, -0.2) is 8.42 Å². The maximum absolute atomic E-state index is 13.1. The van der Waals surface area contributed by atoms with Gasteiger partial charge in [0.1, 0.15) is 30.3 Å². The third-order valence-electron chi connectivity index (χ3n) is 6.23. The second kappa shape index (κ2) is 12.3. The van der Waals surface area contributed by atoms with Gasteiger partial charge in [-0.1, -0.05) is 30.3 Å². The number of nitrogens with one attached hydrogen (secondary N) is 1. The van der Waals surface area contributed by atoms with Gasteiger partial charge in [0.05, 0.1) is 23.3 Å². The summed E-state index contributed by atoms with van der Waals surface area (Å²) in [6.07, 6.45) is -0.0655. The Balaban J connectivity index is 1.60. The molecule has 3 rings (SSSR count). The van der Waals surface area contributed by atoms with Gasteiger partial charge in [0.15, 0.2) is 0 Å². The van der Waals surface area contributed by atoms with E-state index in [1.165, 1.54) is 13.1 Å². The number of aryl methyl sites for hydroxylation is 1. The van der Waals surface area contributed by atoms with Gasteiger partial charge in [-0.05, 0) is 74.7 Å². The number of aliphatic hydroxyl groups excluding tert-OH is 1. The van der Waals surface area contributed by atoms with Gasteiger partial charge in [0.25, 0.3) is 10.0 Å². The zero-order chi connectivity index (χ0) is 27.9. The smallest absolute Gasteiger partial charge is 0.264 e. The predicted molar refractivity (Wildman–Crippen MR) is 148 cm³/mol. The number of benzene rings is 3. The molecule has 0 bridgehead atoms. The Hall–Kier alpha value is -3.58. The molecule has 0 aliphatic rings. The van der Waals surface area contributed by atoms with Crippen molar-refractivity contribution in [1.29, 1.82) is 5.26 Å². The summed E-state index contributed by atoms with van der Waals surface area (Å²) < 4.78 is 38.3. The first-order valence-electron chi connectivity index (χ1n) is 12.2. The van der Waals surface area contributed by atoms with Crippen LogP contribution in [0.3, 0.4) is 0 Å². The summed E-state index contributed by atoms with van der Waals surface area (Å²) in [4.78, 5) is 0.201. The van der Waals surface area contributed by atoms with Crippen LogP contribution in [-0.4, -0.2) is 52.5 Å². The highest BCUT2D eigenvalue weighted by atomic mass is 32.2. The van der Waals surface area contributed by atoms with E-state index >= 15 is 0 Å². The van der Waals surface area contributed by atoms with E-state index in [0.717, 1.165) is 22.0 Å². The van der Waals surface area contributed by atoms with Crippen molar-refractivity contribution in [1.82, 2.24) is 5.32 Å². The summed E-state index contributed by atoms with van der Waals surface area (Å²) in [7, 11) is -0.726. The predicted octanol–water partition coefficient (Wildman–Crippen LogP) is 4.05. The molecule has 8 nitrogen and oxygen atoms in total. The van der Waals surface area contributed by atoms with Crippen LogP contribution in [-0.2, 0) is 16.4 Å². The lowest BCUT2D eigenvalue weighted by molar-refractivity contribution is 0.0987. The zero-order valence-electron chi connectivity index (χ0n) is 22.4. The minimum atomic E-state index is -3.81. The Morgan fingerprint density at radius 2 is 1.79 bits per heavy atom. The molecule has 0 fully saturated rings. The SMILES string of the molecule is COc1ccc(CC(C)(C)NC[C@@H](O)COc2ccc(N(C)S(=O)(=O)c3ccccc3C)cc2C#N)cc1. The lowest BCUT2D eigenvalue weighted by Gasteiger charge is -2.28. The van der Waals surface area contributed by atoms with Gasteiger partial charge < -0.3 is 19.9 Å². The highest BCUT2D eigenvalue weighted by Gasteiger charge is 2.24. The van der Waals surface area contributed by atoms with E-state index in [2.05, 4.69) is 25.2 Å². The molecule has 0 spiro atoms. The molecule has 0 amide bonds. The highest BCUT2D eigenvalue weighted by Crippen LogP contribution is 2.29. The summed E-state index contributed by atoms with van der Waals surface area (Å²) in [5, 5.41) is 23.5. The molecule has 0 saturated heterocycles. The molecule has 0 aromatic heterocycles. The number of ether oxygens (including phenoxy) is 2. The van der Waals surface area contributed by atoms with Gasteiger partial charge in [-0.15, -0.1) is 0 Å². The van der Waals surface area contributed by atoms with Crippen LogP contribution in [0.15, 0.2) is 71.6 Å². The van der Waals surface area contributed by atoms with E-state index in [1.54, 1.807) is 50.4 Å². The van der Waals surface area contributed by atoms with Crippen LogP contribution in [0.4, 0.5) is 5.69 Å². The minimum absolute atomic E-state index is 0.0308. The fourth-order valence-electron chi connectivity index (χ4n) is 4.01. The molecule has 202 valence electrons. The lowest BCUT2D eigenvalue weighted by Crippen LogP contribution is -2.46. The van der Waals surface area contributed by atoms with Gasteiger partial charge in [0.2, 0.25) is 0 Å². The standard InChI is InChI=1S/C29H35N3O5S/c1-21-8-6-7-9-28(21)38(34,35)32(4)24-12-15-27(23(16-24)18-30)37-20-25(33)19-31-29(2,3)17-22-10-13-26(36-5)14-11-22/h6-16,25,31,33H,17,19-20H2,1-5H3/t25-/m1/s1. The Morgan fingerprint density at radius 3 is 2.42 bits per heavy atom. The summed E-state index contributed by atoms with van der Waals surface area (Å²) in [5.41, 5.74) is 2.01. The van der Waals surface area contributed by atoms with Crippen LogP contribution < -0.4 is 19.1 Å². The van der Waals surface area contributed by atoms with Crippen molar-refractivity contribution < 1.29 is 23.0 Å². The van der Waals surface area contributed by atoms with E-state index in [9.17, 15) is 18.8 Å². The van der Waals surface area contributed by atoms with Crippen molar-refractivity contribution >= 4 is 15.7 Å². The maximum atomic E-state index is 13.1. The number of anilines is 1. The maximum Gasteiger partial charge on any atom is 0.264 e. The highest BCUT2D eigenvalue weighted by molar-refractivity contribution is 7.92. The lowest BCUT2D eigenvalue weighted by atomic mass is 9.94. The van der Waals surface area contributed by atoms with Crippen LogP contribution in [0.5, 0.6) is 11.5 Å². The first-order chi connectivity index (χ1) is 18.0. The van der Waals surface area contributed by atoms with E-state index in [-0.39, 0.29) is 28.4 Å². The van der Waals surface area contributed by atoms with Crippen molar-refractivity contribution in [3.63, 3.8) is 0 Å². The van der Waals surface area contributed by atoms with Gasteiger partial charge in [0, 0.05) is 19.1 Å². The number of hydrogen-bond donors (Lipinski definition) is 2. The molecule has 0 heterocycles. The number of nitriles is 1. The number of nitrogens with zero attached hydrogens (tertiary/aromatic N) is 2. The quantitative estimate of drug-likeness (QED) is 0.358. The third-order valence-corrected chi connectivity index (χ3v) is 8.18. The first-order valence-corrected chi connectivity index (χ1v) is 13.7. The van der Waals surface area contributed by atoms with Gasteiger partial charge in [-0.3, -0.25) is 4.31 Å². The molecular weight excluding hydrogens is 502 g/mol. The van der Waals surface area contributed by atoms with Crippen LogP contribution in [0.2, 0.25) is 0 Å². The molecule has 9 heteroatoms. The van der Waals surface area contributed by atoms with Crippen LogP contribution >= 0.6 is 0 Å². The molecule has 3 aromatic rings. The average Bonchev–Trinajstić information content (AvgIpc) is 2.90. The zero-order valence-corrected chi connectivity index (χ0v) is 23.2. The Labute approximate surface area is 225 Å². The average molecular weight is 538 g/mol. The van der Waals surface area contributed by atoms with Crippen molar-refractivity contribution in [2.45, 2.75) is 43.7 Å². The largest absolute Gasteiger partial charge is 0.497 e. The minimum Gasteiger partial charge on any atom is -0.497 e. The topological polar surface area (TPSA) is 112 Å². The molecule has 0 aliphatic carbocycles. The number of β-amino-alcohol motifs (C(OH)–C–C–N with tert-alkyl or cyclic N) is 1. The molecular formula is C29H35N3O5S. The number of hydrogen-bond acceptors (Lipinski definition) is 7. The van der Waals surface area contributed by atoms with Crippen LogP contribution in [0.25, 0.3) is 0 Å². The fourth-order valence-corrected chi connectivity index (χ4v) is 5.43. The van der Waals surface area contributed by atoms with Crippen LogP contribution in [0.1, 0.15) is 30.5 Å². The Bertz CT molecular complexity index is 1380. The molecule has 0 radical (unpaired) electrons. The van der Waals surface area contributed by atoms with E-state index in [4.69, 9.17) is 9.47 Å². The molecule has 2 N–H and O–H groups in total. The summed E-state index contributed by atoms with van der Waals surface area (Å²) in [5.74, 6) is 1.07. The van der Waals surface area contributed by atoms with E-state index < -0.39 is 16.1 Å². The number of aliphatic hydroxyl groups is 1. The summed E-state index contributed by atoms with van der Waals surface area (Å²) in [6.45, 7) is 6.11. The van der Waals surface area contributed by atoms with Crippen LogP contribution in [0, 0.1) is 18.3 Å². The van der Waals surface area contributed by atoms with Crippen molar-refractivity contribution in [2.24, 2.45) is 0 Å². The number of sulfonamides is 1. The van der Waals surface area contributed by atoms with E-state index in [1.807, 2.05) is 24.3 Å². The van der Waals surface area contributed by atoms with Gasteiger partial charge in [-0.2, -0.15) is 5.26 Å². The second-order valence-electron chi connectivity index (χ2n) is 9.78. The number of methoxy groups -OCH3 is 1. The fraction of sp³-hybridized carbons (Fsp3) is 0.345. The second-order valence-corrected chi connectivity index (χ2v) is 11.7. The van der Waals surface area contributed by atoms with E-state index in [0.29, 0.717) is 17.8 Å². The summed E-state index contributed by atoms with van der Waals surface area (Å²) >= 11 is 0. The monoisotopic (exact) mass is 537 g/mol. The van der Waals surface area contributed by atoms with Crippen molar-refractivity contribution in [2.75, 3.05) is 31.6 Å². The molecule has 0 saturated carbocycles. The molecule has 1 atom stereocenters. The summed E-state index contributed by atoms with van der Waals surface area (Å²) in [6, 6.07) is 21.2.